The van der Waals surface area contributed by atoms with E-state index < -0.39 is 6.61 Å². The van der Waals surface area contributed by atoms with Gasteiger partial charge in [-0.05, 0) is 37.5 Å². The second-order valence-corrected chi connectivity index (χ2v) is 5.21. The summed E-state index contributed by atoms with van der Waals surface area (Å²) in [6.07, 6.45) is 2.12. The minimum absolute atomic E-state index is 0.0625. The van der Waals surface area contributed by atoms with Gasteiger partial charge in [-0.25, -0.2) is 0 Å². The molecule has 0 saturated heterocycles. The fourth-order valence-corrected chi connectivity index (χ4v) is 1.99. The van der Waals surface area contributed by atoms with Crippen molar-refractivity contribution in [2.75, 3.05) is 13.2 Å². The Morgan fingerprint density at radius 1 is 1.32 bits per heavy atom. The van der Waals surface area contributed by atoms with E-state index in [9.17, 15) is 13.9 Å². The molecule has 0 radical (unpaired) electrons. The first-order valence-electron chi connectivity index (χ1n) is 6.44. The van der Waals surface area contributed by atoms with Crippen LogP contribution >= 0.6 is 0 Å². The standard InChI is InChI=1S/C14H19F2NO2/c1-10(17-8-14(9-18)6-7-14)11-2-4-12(5-3-11)19-13(15)16/h2-5,10,13,17-18H,6-9H2,1H3. The fourth-order valence-electron chi connectivity index (χ4n) is 1.99. The van der Waals surface area contributed by atoms with Crippen LogP contribution in [0.5, 0.6) is 5.75 Å². The number of rotatable bonds is 7. The van der Waals surface area contributed by atoms with E-state index in [1.807, 2.05) is 6.92 Å². The van der Waals surface area contributed by atoms with Gasteiger partial charge in [0.05, 0.1) is 0 Å². The molecule has 0 amide bonds. The molecule has 0 heterocycles. The molecule has 1 aromatic carbocycles. The second kappa shape index (κ2) is 5.84. The van der Waals surface area contributed by atoms with Crippen molar-refractivity contribution in [3.8, 4) is 5.75 Å². The first-order chi connectivity index (χ1) is 9.04. The van der Waals surface area contributed by atoms with Crippen LogP contribution in [0.25, 0.3) is 0 Å². The van der Waals surface area contributed by atoms with Crippen molar-refractivity contribution in [3.63, 3.8) is 0 Å². The van der Waals surface area contributed by atoms with E-state index in [1.54, 1.807) is 24.3 Å². The number of aliphatic hydroxyl groups is 1. The third-order valence-corrected chi connectivity index (χ3v) is 3.68. The van der Waals surface area contributed by atoms with E-state index in [4.69, 9.17) is 0 Å². The number of benzene rings is 1. The minimum Gasteiger partial charge on any atom is -0.435 e. The maximum atomic E-state index is 12.0. The minimum atomic E-state index is -2.79. The predicted octanol–water partition coefficient (Wildman–Crippen LogP) is 2.71. The average molecular weight is 271 g/mol. The van der Waals surface area contributed by atoms with Crippen molar-refractivity contribution in [1.29, 1.82) is 0 Å². The lowest BCUT2D eigenvalue weighted by molar-refractivity contribution is -0.0498. The van der Waals surface area contributed by atoms with Gasteiger partial charge in [-0.15, -0.1) is 0 Å². The van der Waals surface area contributed by atoms with Crippen LogP contribution in [-0.4, -0.2) is 24.9 Å². The highest BCUT2D eigenvalue weighted by atomic mass is 19.3. The van der Waals surface area contributed by atoms with Gasteiger partial charge in [0, 0.05) is 24.6 Å². The van der Waals surface area contributed by atoms with Crippen molar-refractivity contribution in [1.82, 2.24) is 5.32 Å². The van der Waals surface area contributed by atoms with Crippen molar-refractivity contribution >= 4 is 0 Å². The Kier molecular flexibility index (Phi) is 4.37. The molecule has 0 aliphatic heterocycles. The smallest absolute Gasteiger partial charge is 0.387 e. The molecular weight excluding hydrogens is 252 g/mol. The van der Waals surface area contributed by atoms with Gasteiger partial charge < -0.3 is 15.2 Å². The third kappa shape index (κ3) is 3.88. The molecule has 1 atom stereocenters. The zero-order valence-corrected chi connectivity index (χ0v) is 10.9. The number of ether oxygens (including phenoxy) is 1. The van der Waals surface area contributed by atoms with Gasteiger partial charge in [0.15, 0.2) is 0 Å². The Hall–Kier alpha value is -1.20. The SMILES string of the molecule is CC(NCC1(CO)CC1)c1ccc(OC(F)F)cc1. The number of halogens is 2. The Labute approximate surface area is 111 Å². The van der Waals surface area contributed by atoms with Crippen molar-refractivity contribution < 1.29 is 18.6 Å². The van der Waals surface area contributed by atoms with E-state index in [-0.39, 0.29) is 23.8 Å². The number of aliphatic hydroxyl groups excluding tert-OH is 1. The maximum absolute atomic E-state index is 12.0. The Balaban J connectivity index is 1.86. The van der Waals surface area contributed by atoms with Crippen LogP contribution in [0.1, 0.15) is 31.4 Å². The van der Waals surface area contributed by atoms with Crippen molar-refractivity contribution in [2.24, 2.45) is 5.41 Å². The zero-order valence-electron chi connectivity index (χ0n) is 10.9. The lowest BCUT2D eigenvalue weighted by Gasteiger charge is -2.19. The molecule has 1 saturated carbocycles. The van der Waals surface area contributed by atoms with Gasteiger partial charge >= 0.3 is 6.61 Å². The molecular formula is C14H19F2NO2. The first kappa shape index (κ1) is 14.2. The molecule has 0 aromatic heterocycles. The Bertz CT molecular complexity index is 404. The van der Waals surface area contributed by atoms with Crippen LogP contribution in [0.15, 0.2) is 24.3 Å². The molecule has 2 N–H and O–H groups in total. The Morgan fingerprint density at radius 2 is 1.95 bits per heavy atom. The molecule has 1 fully saturated rings. The van der Waals surface area contributed by atoms with Gasteiger partial charge in [-0.2, -0.15) is 8.78 Å². The second-order valence-electron chi connectivity index (χ2n) is 5.21. The molecule has 1 unspecified atom stereocenters. The lowest BCUT2D eigenvalue weighted by atomic mass is 10.1. The molecule has 0 spiro atoms. The number of hydrogen-bond donors (Lipinski definition) is 2. The molecule has 2 rings (SSSR count). The highest BCUT2D eigenvalue weighted by molar-refractivity contribution is 5.29. The first-order valence-corrected chi connectivity index (χ1v) is 6.44. The molecule has 1 aliphatic rings. The molecule has 3 nitrogen and oxygen atoms in total. The van der Waals surface area contributed by atoms with Gasteiger partial charge in [0.2, 0.25) is 0 Å². The summed E-state index contributed by atoms with van der Waals surface area (Å²) in [7, 11) is 0. The predicted molar refractivity (Wildman–Crippen MR) is 68.2 cm³/mol. The van der Waals surface area contributed by atoms with Crippen LogP contribution < -0.4 is 10.1 Å². The van der Waals surface area contributed by atoms with E-state index in [2.05, 4.69) is 10.1 Å². The van der Waals surface area contributed by atoms with Crippen LogP contribution in [0, 0.1) is 5.41 Å². The topological polar surface area (TPSA) is 41.5 Å². The molecule has 5 heteroatoms. The quantitative estimate of drug-likeness (QED) is 0.801. The third-order valence-electron chi connectivity index (χ3n) is 3.68. The van der Waals surface area contributed by atoms with Crippen molar-refractivity contribution in [2.45, 2.75) is 32.4 Å². The summed E-state index contributed by atoms with van der Waals surface area (Å²) in [6.45, 7) is 0.213. The van der Waals surface area contributed by atoms with Crippen LogP contribution in [0.3, 0.4) is 0 Å². The summed E-state index contributed by atoms with van der Waals surface area (Å²) in [5, 5.41) is 12.6. The normalized spacial score (nSPS) is 18.4. The van der Waals surface area contributed by atoms with Crippen LogP contribution in [0.2, 0.25) is 0 Å². The number of nitrogens with one attached hydrogen (secondary N) is 1. The van der Waals surface area contributed by atoms with Crippen LogP contribution in [-0.2, 0) is 0 Å². The maximum Gasteiger partial charge on any atom is 0.387 e. The highest BCUT2D eigenvalue weighted by Crippen LogP contribution is 2.44. The molecule has 19 heavy (non-hydrogen) atoms. The van der Waals surface area contributed by atoms with Gasteiger partial charge in [0.1, 0.15) is 5.75 Å². The van der Waals surface area contributed by atoms with E-state index in [1.165, 1.54) is 0 Å². The van der Waals surface area contributed by atoms with Crippen molar-refractivity contribution in [3.05, 3.63) is 29.8 Å². The van der Waals surface area contributed by atoms with Gasteiger partial charge in [0.25, 0.3) is 0 Å². The molecule has 106 valence electrons. The van der Waals surface area contributed by atoms with Crippen LogP contribution in [0.4, 0.5) is 8.78 Å². The lowest BCUT2D eigenvalue weighted by Crippen LogP contribution is -2.28. The van der Waals surface area contributed by atoms with Gasteiger partial charge in [-0.3, -0.25) is 0 Å². The van der Waals surface area contributed by atoms with E-state index >= 15 is 0 Å². The number of hydrogen-bond acceptors (Lipinski definition) is 3. The molecule has 0 bridgehead atoms. The summed E-state index contributed by atoms with van der Waals surface area (Å²) in [4.78, 5) is 0. The number of alkyl halides is 2. The van der Waals surface area contributed by atoms with E-state index in [0.29, 0.717) is 0 Å². The monoisotopic (exact) mass is 271 g/mol. The molecule has 1 aliphatic carbocycles. The van der Waals surface area contributed by atoms with E-state index in [0.717, 1.165) is 24.9 Å². The summed E-state index contributed by atoms with van der Waals surface area (Å²) in [5.41, 5.74) is 1.07. The summed E-state index contributed by atoms with van der Waals surface area (Å²) >= 11 is 0. The average Bonchev–Trinajstić information content (AvgIpc) is 3.17. The summed E-state index contributed by atoms with van der Waals surface area (Å²) < 4.78 is 28.3. The fraction of sp³-hybridized carbons (Fsp3) is 0.571. The molecule has 1 aromatic rings. The summed E-state index contributed by atoms with van der Waals surface area (Å²) in [6, 6.07) is 6.74. The highest BCUT2D eigenvalue weighted by Gasteiger charge is 2.41. The van der Waals surface area contributed by atoms with Gasteiger partial charge in [-0.1, -0.05) is 12.1 Å². The summed E-state index contributed by atoms with van der Waals surface area (Å²) in [5.74, 6) is 0.167. The largest absolute Gasteiger partial charge is 0.435 e. The zero-order chi connectivity index (χ0) is 13.9. The Morgan fingerprint density at radius 3 is 2.42 bits per heavy atom.